The van der Waals surface area contributed by atoms with Gasteiger partial charge >= 0.3 is 11.9 Å². The van der Waals surface area contributed by atoms with Crippen molar-refractivity contribution in [2.75, 3.05) is 0 Å². The first-order valence-electron chi connectivity index (χ1n) is 7.43. The summed E-state index contributed by atoms with van der Waals surface area (Å²) >= 11 is 6.05. The van der Waals surface area contributed by atoms with Crippen molar-refractivity contribution in [1.29, 1.82) is 0 Å². The number of carboxylic acids is 2. The topological polar surface area (TPSA) is 129 Å². The summed E-state index contributed by atoms with van der Waals surface area (Å²) in [7, 11) is 0. The highest BCUT2D eigenvalue weighted by Crippen LogP contribution is 2.36. The van der Waals surface area contributed by atoms with Crippen LogP contribution in [-0.2, 0) is 14.4 Å². The summed E-state index contributed by atoms with van der Waals surface area (Å²) in [6.45, 7) is 0. The van der Waals surface area contributed by atoms with Crippen molar-refractivity contribution in [3.63, 3.8) is 0 Å². The van der Waals surface area contributed by atoms with Crippen molar-refractivity contribution in [2.24, 2.45) is 4.99 Å². The monoisotopic (exact) mass is 392 g/mol. The first-order chi connectivity index (χ1) is 12.3. The number of hydrogen-bond donors (Lipinski definition) is 3. The van der Waals surface area contributed by atoms with E-state index in [1.807, 2.05) is 0 Å². The smallest absolute Gasteiger partial charge is 0.326 e. The van der Waals surface area contributed by atoms with Crippen LogP contribution in [0, 0.1) is 3.95 Å². The molecule has 2 heterocycles. The van der Waals surface area contributed by atoms with Crippen LogP contribution in [0.4, 0.5) is 0 Å². The molecule has 1 aliphatic rings. The Morgan fingerprint density at radius 1 is 1.27 bits per heavy atom. The van der Waals surface area contributed by atoms with Gasteiger partial charge in [-0.3, -0.25) is 14.2 Å². The molecule has 0 aliphatic carbocycles. The number of aromatic hydroxyl groups is 1. The number of hydrogen-bond acceptors (Lipinski definition) is 6. The Bertz CT molecular complexity index is 1110. The first kappa shape index (κ1) is 18.0. The van der Waals surface area contributed by atoms with Crippen molar-refractivity contribution in [1.82, 2.24) is 4.57 Å². The Morgan fingerprint density at radius 3 is 2.62 bits per heavy atom. The van der Waals surface area contributed by atoms with Gasteiger partial charge in [0.25, 0.3) is 5.91 Å². The van der Waals surface area contributed by atoms with Gasteiger partial charge in [0.15, 0.2) is 3.95 Å². The molecule has 134 valence electrons. The fourth-order valence-corrected chi connectivity index (χ4v) is 4.16. The van der Waals surface area contributed by atoms with E-state index in [1.54, 1.807) is 24.3 Å². The van der Waals surface area contributed by atoms with Gasteiger partial charge in [0.1, 0.15) is 10.9 Å². The molecule has 1 aliphatic heterocycles. The molecular weight excluding hydrogens is 380 g/mol. The third kappa shape index (κ3) is 3.04. The second-order valence-corrected chi connectivity index (χ2v) is 7.13. The van der Waals surface area contributed by atoms with Crippen LogP contribution in [-0.4, -0.2) is 37.7 Å². The Kier molecular flexibility index (Phi) is 4.70. The van der Waals surface area contributed by atoms with E-state index in [1.165, 1.54) is 0 Å². The Balaban J connectivity index is 2.17. The number of aliphatic carboxylic acids is 2. The van der Waals surface area contributed by atoms with E-state index >= 15 is 0 Å². The molecule has 3 N–H and O–H groups in total. The fourth-order valence-electron chi connectivity index (χ4n) is 2.72. The summed E-state index contributed by atoms with van der Waals surface area (Å²) in [6, 6.07) is 5.41. The molecule has 2 aromatic rings. The lowest BCUT2D eigenvalue weighted by molar-refractivity contribution is -0.142. The number of fused-ring (bicyclic) bond motifs is 1. The number of carbonyl (C=O) groups excluding carboxylic acids is 1. The second kappa shape index (κ2) is 6.81. The highest BCUT2D eigenvalue weighted by molar-refractivity contribution is 7.73. The van der Waals surface area contributed by atoms with E-state index in [4.69, 9.17) is 17.3 Å². The number of amides is 1. The highest BCUT2D eigenvalue weighted by Gasteiger charge is 2.30. The lowest BCUT2D eigenvalue weighted by Crippen LogP contribution is -2.22. The maximum absolute atomic E-state index is 12.3. The van der Waals surface area contributed by atoms with Gasteiger partial charge in [0.05, 0.1) is 10.9 Å². The summed E-state index contributed by atoms with van der Waals surface area (Å²) in [4.78, 5) is 38.6. The van der Waals surface area contributed by atoms with Crippen LogP contribution in [0.5, 0.6) is 5.88 Å². The number of carboxylic acid groups (broad SMARTS) is 2. The van der Waals surface area contributed by atoms with E-state index in [0.29, 0.717) is 10.6 Å². The molecule has 0 unspecified atom stereocenters. The zero-order valence-electron chi connectivity index (χ0n) is 13.1. The quantitative estimate of drug-likeness (QED) is 0.621. The average molecular weight is 392 g/mol. The summed E-state index contributed by atoms with van der Waals surface area (Å²) in [5.74, 6) is -3.52. The van der Waals surface area contributed by atoms with E-state index in [-0.39, 0.29) is 20.8 Å². The molecule has 0 saturated heterocycles. The largest absolute Gasteiger partial charge is 0.493 e. The Morgan fingerprint density at radius 2 is 1.96 bits per heavy atom. The van der Waals surface area contributed by atoms with Crippen molar-refractivity contribution < 1.29 is 29.7 Å². The summed E-state index contributed by atoms with van der Waals surface area (Å²) in [6.07, 6.45) is -0.663. The molecule has 0 saturated carbocycles. The van der Waals surface area contributed by atoms with Gasteiger partial charge in [-0.15, -0.1) is 11.3 Å². The molecule has 10 heteroatoms. The maximum atomic E-state index is 12.3. The fraction of sp³-hybridized carbons (Fsp3) is 0.188. The van der Waals surface area contributed by atoms with Crippen LogP contribution < -0.4 is 10.6 Å². The predicted octanol–water partition coefficient (Wildman–Crippen LogP) is 0.834. The third-order valence-electron chi connectivity index (χ3n) is 3.88. The molecular formula is C16H12N2O6S2. The van der Waals surface area contributed by atoms with Crippen LogP contribution in [0.15, 0.2) is 29.3 Å². The molecule has 1 atom stereocenters. The normalized spacial score (nSPS) is 14.0. The summed E-state index contributed by atoms with van der Waals surface area (Å²) in [5.41, 5.74) is 0.148. The molecule has 3 rings (SSSR count). The number of para-hydroxylation sites is 1. The van der Waals surface area contributed by atoms with Gasteiger partial charge in [0.2, 0.25) is 5.88 Å². The number of carbonyl (C=O) groups is 3. The number of rotatable bonds is 6. The zero-order chi connectivity index (χ0) is 19.0. The predicted molar refractivity (Wildman–Crippen MR) is 93.1 cm³/mol. The molecule has 1 amide bonds. The van der Waals surface area contributed by atoms with Crippen LogP contribution >= 0.6 is 23.6 Å². The lowest BCUT2D eigenvalue weighted by Gasteiger charge is -2.14. The first-order valence-corrected chi connectivity index (χ1v) is 8.65. The lowest BCUT2D eigenvalue weighted by atomic mass is 10.1. The molecule has 1 aromatic heterocycles. The van der Waals surface area contributed by atoms with Gasteiger partial charge in [-0.2, -0.15) is 0 Å². The minimum Gasteiger partial charge on any atom is -0.493 e. The number of nitrogens with zero attached hydrogens (tertiary/aromatic N) is 2. The number of benzene rings is 1. The van der Waals surface area contributed by atoms with E-state index in [2.05, 4.69) is 4.99 Å². The number of aromatic nitrogens is 1. The third-order valence-corrected chi connectivity index (χ3v) is 5.29. The average Bonchev–Trinajstić information content (AvgIpc) is 3.04. The standard InChI is InChI=1S/C16H12N2O6S2/c19-10(20)6-5-9(15(23)24)18-14(22)12(26-16(18)25)11-7-3-1-2-4-8(7)17-13(11)21/h1-4,9,22H,5-6H2,(H,19,20)(H,23,24)/t9-/m1/s1. The minimum absolute atomic E-state index is 0.0277. The molecule has 8 nitrogen and oxygen atoms in total. The van der Waals surface area contributed by atoms with Gasteiger partial charge < -0.3 is 15.3 Å². The molecule has 0 spiro atoms. The molecule has 26 heavy (non-hydrogen) atoms. The zero-order valence-corrected chi connectivity index (χ0v) is 14.7. The van der Waals surface area contributed by atoms with E-state index in [0.717, 1.165) is 15.9 Å². The number of thiazole rings is 1. The van der Waals surface area contributed by atoms with Crippen LogP contribution in [0.1, 0.15) is 23.8 Å². The van der Waals surface area contributed by atoms with Crippen molar-refractivity contribution in [3.8, 4) is 5.88 Å². The van der Waals surface area contributed by atoms with E-state index < -0.39 is 36.2 Å². The maximum Gasteiger partial charge on any atom is 0.326 e. The Hall–Kier alpha value is -2.85. The van der Waals surface area contributed by atoms with Gasteiger partial charge in [0, 0.05) is 11.6 Å². The van der Waals surface area contributed by atoms with Crippen LogP contribution in [0.25, 0.3) is 5.57 Å². The highest BCUT2D eigenvalue weighted by atomic mass is 32.1. The minimum atomic E-state index is -1.35. The van der Waals surface area contributed by atoms with Gasteiger partial charge in [-0.25, -0.2) is 9.79 Å². The molecule has 0 fully saturated rings. The van der Waals surface area contributed by atoms with Crippen LogP contribution in [0.3, 0.4) is 0 Å². The van der Waals surface area contributed by atoms with Gasteiger partial charge in [-0.05, 0) is 24.7 Å². The Labute approximate surface area is 155 Å². The molecule has 0 bridgehead atoms. The van der Waals surface area contributed by atoms with Crippen molar-refractivity contribution in [2.45, 2.75) is 18.9 Å². The molecule has 0 radical (unpaired) electrons. The second-order valence-electron chi connectivity index (χ2n) is 5.49. The van der Waals surface area contributed by atoms with E-state index in [9.17, 15) is 24.6 Å². The van der Waals surface area contributed by atoms with Crippen molar-refractivity contribution >= 4 is 47.0 Å². The summed E-state index contributed by atoms with van der Waals surface area (Å²) < 4.78 is 1.00. The summed E-state index contributed by atoms with van der Waals surface area (Å²) in [5, 5.41) is 29.8. The van der Waals surface area contributed by atoms with Gasteiger partial charge in [-0.1, -0.05) is 18.2 Å². The SMILES string of the molecule is O=C(O)CC[C@H](C(=O)O)n1c(O)c(C2=c3ccccc3=NC2=O)sc1=S. The van der Waals surface area contributed by atoms with Crippen LogP contribution in [0.2, 0.25) is 0 Å². The van der Waals surface area contributed by atoms with Crippen molar-refractivity contribution in [3.05, 3.63) is 43.7 Å². The molecule has 1 aromatic carbocycles.